The average molecular weight is 338 g/mol. The maximum Gasteiger partial charge on any atom is 0.306 e. The quantitative estimate of drug-likeness (QED) is 0.517. The zero-order valence-electron chi connectivity index (χ0n) is 14.3. The minimum absolute atomic E-state index is 0.0242. The molecule has 0 saturated heterocycles. The third-order valence-electron chi connectivity index (χ3n) is 4.08. The fourth-order valence-corrected chi connectivity index (χ4v) is 2.89. The number of ketones is 1. The molecule has 0 fully saturated rings. The summed E-state index contributed by atoms with van der Waals surface area (Å²) >= 11 is 0. The van der Waals surface area contributed by atoms with E-state index in [1.54, 1.807) is 6.92 Å². The van der Waals surface area contributed by atoms with Crippen LogP contribution in [-0.4, -0.2) is 24.6 Å². The second-order valence-electron chi connectivity index (χ2n) is 5.73. The fourth-order valence-electron chi connectivity index (χ4n) is 2.89. The van der Waals surface area contributed by atoms with Crippen molar-refractivity contribution in [3.8, 4) is 0 Å². The maximum absolute atomic E-state index is 12.9. The molecule has 0 spiro atoms. The molecule has 130 valence electrons. The number of hydrogen-bond acceptors (Lipinski definition) is 4. The number of carbonyl (C=O) groups is 3. The first-order chi connectivity index (χ1) is 12.2. The van der Waals surface area contributed by atoms with Gasteiger partial charge in [0, 0.05) is 6.42 Å². The van der Waals surface area contributed by atoms with Gasteiger partial charge in [0.25, 0.3) is 0 Å². The zero-order chi connectivity index (χ0) is 18.1. The largest absolute Gasteiger partial charge is 0.466 e. The summed E-state index contributed by atoms with van der Waals surface area (Å²) in [7, 11) is 0. The number of benzene rings is 2. The lowest BCUT2D eigenvalue weighted by Crippen LogP contribution is -2.22. The van der Waals surface area contributed by atoms with E-state index in [9.17, 15) is 14.4 Å². The molecule has 0 aliphatic rings. The second kappa shape index (κ2) is 9.52. The van der Waals surface area contributed by atoms with Crippen molar-refractivity contribution in [3.05, 3.63) is 71.8 Å². The lowest BCUT2D eigenvalue weighted by atomic mass is 9.78. The third-order valence-corrected chi connectivity index (χ3v) is 4.08. The summed E-state index contributed by atoms with van der Waals surface area (Å²) in [4.78, 5) is 36.3. The molecule has 2 rings (SSSR count). The predicted octanol–water partition coefficient (Wildman–Crippen LogP) is 3.67. The molecule has 0 aromatic heterocycles. The van der Waals surface area contributed by atoms with Crippen LogP contribution in [0.15, 0.2) is 60.7 Å². The van der Waals surface area contributed by atoms with Crippen molar-refractivity contribution in [1.29, 1.82) is 0 Å². The molecule has 0 radical (unpaired) electrons. The van der Waals surface area contributed by atoms with Crippen LogP contribution in [0.3, 0.4) is 0 Å². The van der Waals surface area contributed by atoms with Gasteiger partial charge in [0.2, 0.25) is 0 Å². The highest BCUT2D eigenvalue weighted by atomic mass is 16.5. The first kappa shape index (κ1) is 18.6. The van der Waals surface area contributed by atoms with Crippen LogP contribution in [0, 0.1) is 0 Å². The Morgan fingerprint density at radius 1 is 0.920 bits per heavy atom. The molecule has 2 atom stereocenters. The van der Waals surface area contributed by atoms with Crippen molar-refractivity contribution in [2.75, 3.05) is 6.61 Å². The Kier molecular flexibility index (Phi) is 7.08. The molecule has 0 aliphatic carbocycles. The average Bonchev–Trinajstić information content (AvgIpc) is 2.65. The highest BCUT2D eigenvalue weighted by Gasteiger charge is 2.30. The van der Waals surface area contributed by atoms with Crippen LogP contribution in [0.25, 0.3) is 0 Å². The smallest absolute Gasteiger partial charge is 0.306 e. The first-order valence-corrected chi connectivity index (χ1v) is 8.41. The van der Waals surface area contributed by atoms with Crippen LogP contribution < -0.4 is 0 Å². The van der Waals surface area contributed by atoms with E-state index in [1.165, 1.54) is 0 Å². The van der Waals surface area contributed by atoms with Gasteiger partial charge in [0.1, 0.15) is 12.1 Å². The monoisotopic (exact) mass is 338 g/mol. The standard InChI is InChI=1S/C21H22O4/c1-2-25-20(24)14-13-19(23)21(17-11-7-4-8-12-17)18(15-22)16-9-5-3-6-10-16/h3-12,15,18,21H,2,13-14H2,1H3. The van der Waals surface area contributed by atoms with Gasteiger partial charge in [-0.2, -0.15) is 0 Å². The van der Waals surface area contributed by atoms with Crippen LogP contribution in [0.4, 0.5) is 0 Å². The van der Waals surface area contributed by atoms with E-state index in [2.05, 4.69) is 0 Å². The Hall–Kier alpha value is -2.75. The Morgan fingerprint density at radius 2 is 1.48 bits per heavy atom. The first-order valence-electron chi connectivity index (χ1n) is 8.41. The molecule has 2 unspecified atom stereocenters. The summed E-state index contributed by atoms with van der Waals surface area (Å²) in [5.41, 5.74) is 1.56. The summed E-state index contributed by atoms with van der Waals surface area (Å²) in [5, 5.41) is 0. The van der Waals surface area contributed by atoms with Gasteiger partial charge < -0.3 is 9.53 Å². The van der Waals surface area contributed by atoms with E-state index in [0.717, 1.165) is 17.4 Å². The number of Topliss-reactive ketones (excluding diaryl/α,β-unsaturated/α-hetero) is 1. The van der Waals surface area contributed by atoms with E-state index >= 15 is 0 Å². The molecule has 4 heteroatoms. The number of ether oxygens (including phenoxy) is 1. The topological polar surface area (TPSA) is 60.4 Å². The Balaban J connectivity index is 2.28. The molecule has 2 aromatic carbocycles. The molecular weight excluding hydrogens is 316 g/mol. The van der Waals surface area contributed by atoms with Gasteiger partial charge in [0.05, 0.1) is 24.9 Å². The number of rotatable bonds is 9. The molecule has 2 aromatic rings. The van der Waals surface area contributed by atoms with Gasteiger partial charge in [0.15, 0.2) is 0 Å². The molecule has 0 amide bonds. The van der Waals surface area contributed by atoms with Crippen molar-refractivity contribution in [3.63, 3.8) is 0 Å². The third kappa shape index (κ3) is 5.11. The van der Waals surface area contributed by atoms with Crippen molar-refractivity contribution in [1.82, 2.24) is 0 Å². The van der Waals surface area contributed by atoms with Gasteiger partial charge in [-0.15, -0.1) is 0 Å². The summed E-state index contributed by atoms with van der Waals surface area (Å²) in [5.74, 6) is -1.74. The van der Waals surface area contributed by atoms with Crippen molar-refractivity contribution < 1.29 is 19.1 Å². The van der Waals surface area contributed by atoms with E-state index in [0.29, 0.717) is 0 Å². The second-order valence-corrected chi connectivity index (χ2v) is 5.73. The number of aldehydes is 1. The maximum atomic E-state index is 12.9. The van der Waals surface area contributed by atoms with E-state index in [-0.39, 0.29) is 25.2 Å². The van der Waals surface area contributed by atoms with E-state index in [4.69, 9.17) is 4.74 Å². The normalized spacial score (nSPS) is 12.8. The lowest BCUT2D eigenvalue weighted by molar-refractivity contribution is -0.144. The van der Waals surface area contributed by atoms with E-state index < -0.39 is 17.8 Å². The van der Waals surface area contributed by atoms with Crippen molar-refractivity contribution in [2.45, 2.75) is 31.6 Å². The predicted molar refractivity (Wildman–Crippen MR) is 95.3 cm³/mol. The summed E-state index contributed by atoms with van der Waals surface area (Å²) in [6.07, 6.45) is 0.890. The molecular formula is C21H22O4. The Labute approximate surface area is 147 Å². The molecule has 25 heavy (non-hydrogen) atoms. The van der Waals surface area contributed by atoms with Crippen LogP contribution in [-0.2, 0) is 19.1 Å². The summed E-state index contributed by atoms with van der Waals surface area (Å²) in [6.45, 7) is 2.01. The van der Waals surface area contributed by atoms with Gasteiger partial charge >= 0.3 is 5.97 Å². The minimum atomic E-state index is -0.615. The van der Waals surface area contributed by atoms with Gasteiger partial charge in [-0.25, -0.2) is 0 Å². The lowest BCUT2D eigenvalue weighted by Gasteiger charge is -2.23. The Bertz CT molecular complexity index is 694. The minimum Gasteiger partial charge on any atom is -0.466 e. The molecule has 4 nitrogen and oxygen atoms in total. The fraction of sp³-hybridized carbons (Fsp3) is 0.286. The Morgan fingerprint density at radius 3 is 2.00 bits per heavy atom. The summed E-state index contributed by atoms with van der Waals surface area (Å²) < 4.78 is 4.89. The number of esters is 1. The number of hydrogen-bond donors (Lipinski definition) is 0. The molecule has 0 aliphatic heterocycles. The van der Waals surface area contributed by atoms with Crippen molar-refractivity contribution >= 4 is 18.0 Å². The van der Waals surface area contributed by atoms with E-state index in [1.807, 2.05) is 60.7 Å². The molecule has 0 saturated carbocycles. The highest BCUT2D eigenvalue weighted by Crippen LogP contribution is 2.33. The highest BCUT2D eigenvalue weighted by molar-refractivity contribution is 5.92. The molecule has 0 heterocycles. The van der Waals surface area contributed by atoms with Crippen LogP contribution in [0.5, 0.6) is 0 Å². The van der Waals surface area contributed by atoms with Crippen LogP contribution >= 0.6 is 0 Å². The van der Waals surface area contributed by atoms with Crippen LogP contribution in [0.1, 0.15) is 42.7 Å². The SMILES string of the molecule is CCOC(=O)CCC(=O)C(c1ccccc1)C(C=O)c1ccccc1. The zero-order valence-corrected chi connectivity index (χ0v) is 14.3. The molecule has 0 N–H and O–H groups in total. The van der Waals surface area contributed by atoms with Crippen molar-refractivity contribution in [2.24, 2.45) is 0 Å². The molecule has 0 bridgehead atoms. The van der Waals surface area contributed by atoms with Gasteiger partial charge in [-0.3, -0.25) is 9.59 Å². The van der Waals surface area contributed by atoms with Gasteiger partial charge in [-0.1, -0.05) is 60.7 Å². The summed E-state index contributed by atoms with van der Waals surface area (Å²) in [6, 6.07) is 18.5. The van der Waals surface area contributed by atoms with Gasteiger partial charge in [-0.05, 0) is 18.1 Å². The number of carbonyl (C=O) groups excluding carboxylic acids is 3. The van der Waals surface area contributed by atoms with Crippen LogP contribution in [0.2, 0.25) is 0 Å².